The Balaban J connectivity index is 2.07. The molecule has 2 N–H and O–H groups in total. The zero-order chi connectivity index (χ0) is 13.1. The molecule has 0 aliphatic carbocycles. The molecule has 1 aromatic rings. The number of aromatic hydroxyl groups is 1. The number of carboxylic acids is 1. The molecule has 18 heavy (non-hydrogen) atoms. The summed E-state index contributed by atoms with van der Waals surface area (Å²) in [6, 6.07) is 4.93. The highest BCUT2D eigenvalue weighted by Crippen LogP contribution is 2.27. The average molecular weight is 272 g/mol. The lowest BCUT2D eigenvalue weighted by Gasteiger charge is -2.31. The second kappa shape index (κ2) is 5.56. The van der Waals surface area contributed by atoms with Crippen LogP contribution in [0, 0.1) is 0 Å². The molecule has 1 unspecified atom stereocenters. The van der Waals surface area contributed by atoms with E-state index in [4.69, 9.17) is 21.4 Å². The molecule has 0 amide bonds. The molecule has 1 aliphatic heterocycles. The molecule has 1 atom stereocenters. The van der Waals surface area contributed by atoms with Crippen molar-refractivity contribution in [2.45, 2.75) is 12.6 Å². The van der Waals surface area contributed by atoms with Crippen LogP contribution >= 0.6 is 11.6 Å². The van der Waals surface area contributed by atoms with Crippen LogP contribution in [-0.4, -0.2) is 46.9 Å². The number of carbonyl (C=O) groups is 1. The first-order chi connectivity index (χ1) is 8.58. The fourth-order valence-corrected chi connectivity index (χ4v) is 2.15. The van der Waals surface area contributed by atoms with E-state index in [0.717, 1.165) is 0 Å². The van der Waals surface area contributed by atoms with Gasteiger partial charge >= 0.3 is 5.97 Å². The second-order valence-electron chi connectivity index (χ2n) is 4.17. The van der Waals surface area contributed by atoms with Crippen molar-refractivity contribution in [2.75, 3.05) is 19.7 Å². The Bertz CT molecular complexity index is 431. The van der Waals surface area contributed by atoms with Crippen LogP contribution in [-0.2, 0) is 16.1 Å². The van der Waals surface area contributed by atoms with E-state index in [1.807, 2.05) is 4.90 Å². The summed E-state index contributed by atoms with van der Waals surface area (Å²) in [5, 5.41) is 19.1. The summed E-state index contributed by atoms with van der Waals surface area (Å²) in [5.74, 6) is -0.844. The number of rotatable bonds is 3. The second-order valence-corrected chi connectivity index (χ2v) is 4.58. The molecule has 0 aromatic heterocycles. The van der Waals surface area contributed by atoms with E-state index in [2.05, 4.69) is 0 Å². The maximum absolute atomic E-state index is 10.9. The Hall–Kier alpha value is -1.30. The minimum atomic E-state index is -0.969. The Morgan fingerprint density at radius 1 is 1.56 bits per heavy atom. The van der Waals surface area contributed by atoms with Crippen molar-refractivity contribution >= 4 is 17.6 Å². The summed E-state index contributed by atoms with van der Waals surface area (Å²) in [6.45, 7) is 1.69. The van der Waals surface area contributed by atoms with Gasteiger partial charge in [-0.25, -0.2) is 4.79 Å². The molecule has 5 nitrogen and oxygen atoms in total. The summed E-state index contributed by atoms with van der Waals surface area (Å²) >= 11 is 6.01. The third-order valence-electron chi connectivity index (χ3n) is 2.90. The van der Waals surface area contributed by atoms with E-state index < -0.39 is 12.1 Å². The molecule has 1 fully saturated rings. The Morgan fingerprint density at radius 3 is 3.00 bits per heavy atom. The van der Waals surface area contributed by atoms with Gasteiger partial charge in [0.1, 0.15) is 5.75 Å². The standard InChI is InChI=1S/C12H14ClNO4/c13-9-2-1-3-10(15)8(9)6-14-4-5-18-11(7-14)12(16)17/h1-3,11,15H,4-7H2,(H,16,17). The topological polar surface area (TPSA) is 70.0 Å². The first-order valence-corrected chi connectivity index (χ1v) is 5.99. The molecule has 1 aromatic carbocycles. The van der Waals surface area contributed by atoms with Crippen LogP contribution in [0.5, 0.6) is 5.75 Å². The van der Waals surface area contributed by atoms with Gasteiger partial charge in [-0.05, 0) is 12.1 Å². The third-order valence-corrected chi connectivity index (χ3v) is 3.26. The number of ether oxygens (including phenoxy) is 1. The van der Waals surface area contributed by atoms with E-state index >= 15 is 0 Å². The van der Waals surface area contributed by atoms with Crippen molar-refractivity contribution in [1.82, 2.24) is 4.90 Å². The Kier molecular flexibility index (Phi) is 4.06. The molecule has 0 bridgehead atoms. The molecule has 6 heteroatoms. The maximum Gasteiger partial charge on any atom is 0.334 e. The van der Waals surface area contributed by atoms with Gasteiger partial charge in [-0.2, -0.15) is 0 Å². The average Bonchev–Trinajstić information content (AvgIpc) is 2.34. The first-order valence-electron chi connectivity index (χ1n) is 5.61. The molecule has 98 valence electrons. The number of hydrogen-bond donors (Lipinski definition) is 2. The Labute approximate surface area is 110 Å². The van der Waals surface area contributed by atoms with E-state index in [9.17, 15) is 9.90 Å². The number of benzene rings is 1. The molecule has 0 spiro atoms. The SMILES string of the molecule is O=C(O)C1CN(Cc2c(O)cccc2Cl)CCO1. The van der Waals surface area contributed by atoms with Crippen LogP contribution in [0.1, 0.15) is 5.56 Å². The molecule has 0 saturated carbocycles. The fraction of sp³-hybridized carbons (Fsp3) is 0.417. The highest BCUT2D eigenvalue weighted by Gasteiger charge is 2.26. The molecular weight excluding hydrogens is 258 g/mol. The number of halogens is 1. The van der Waals surface area contributed by atoms with Gasteiger partial charge in [-0.3, -0.25) is 4.90 Å². The van der Waals surface area contributed by atoms with Crippen molar-refractivity contribution in [2.24, 2.45) is 0 Å². The predicted molar refractivity (Wildman–Crippen MR) is 65.8 cm³/mol. The highest BCUT2D eigenvalue weighted by molar-refractivity contribution is 6.31. The van der Waals surface area contributed by atoms with Gasteiger partial charge in [-0.15, -0.1) is 0 Å². The summed E-state index contributed by atoms with van der Waals surface area (Å²) in [4.78, 5) is 12.8. The van der Waals surface area contributed by atoms with Gasteiger partial charge in [0, 0.05) is 30.2 Å². The van der Waals surface area contributed by atoms with Crippen LogP contribution in [0.3, 0.4) is 0 Å². The molecular formula is C12H14ClNO4. The maximum atomic E-state index is 10.9. The predicted octanol–water partition coefficient (Wildman–Crippen LogP) is 1.33. The lowest BCUT2D eigenvalue weighted by Crippen LogP contribution is -2.45. The van der Waals surface area contributed by atoms with Crippen LogP contribution in [0.15, 0.2) is 18.2 Å². The number of aliphatic carboxylic acids is 1. The van der Waals surface area contributed by atoms with Gasteiger partial charge in [-0.1, -0.05) is 17.7 Å². The number of nitrogens with zero attached hydrogens (tertiary/aromatic N) is 1. The van der Waals surface area contributed by atoms with Crippen molar-refractivity contribution < 1.29 is 19.7 Å². The molecule has 2 rings (SSSR count). The van der Waals surface area contributed by atoms with Crippen molar-refractivity contribution in [3.63, 3.8) is 0 Å². The largest absolute Gasteiger partial charge is 0.508 e. The lowest BCUT2D eigenvalue weighted by molar-refractivity contribution is -0.156. The minimum absolute atomic E-state index is 0.126. The highest BCUT2D eigenvalue weighted by atomic mass is 35.5. The van der Waals surface area contributed by atoms with Crippen molar-refractivity contribution in [1.29, 1.82) is 0 Å². The van der Waals surface area contributed by atoms with Gasteiger partial charge in [0.2, 0.25) is 0 Å². The quantitative estimate of drug-likeness (QED) is 0.868. The summed E-state index contributed by atoms with van der Waals surface area (Å²) in [7, 11) is 0. The van der Waals surface area contributed by atoms with Crippen LogP contribution < -0.4 is 0 Å². The number of morpholine rings is 1. The van der Waals surface area contributed by atoms with E-state index in [0.29, 0.717) is 36.8 Å². The molecule has 1 heterocycles. The minimum Gasteiger partial charge on any atom is -0.508 e. The Morgan fingerprint density at radius 2 is 2.33 bits per heavy atom. The van der Waals surface area contributed by atoms with E-state index in [1.165, 1.54) is 0 Å². The molecule has 1 saturated heterocycles. The van der Waals surface area contributed by atoms with E-state index in [1.54, 1.807) is 18.2 Å². The number of phenolic OH excluding ortho intramolecular Hbond substituents is 1. The number of hydrogen-bond acceptors (Lipinski definition) is 4. The lowest BCUT2D eigenvalue weighted by atomic mass is 10.1. The van der Waals surface area contributed by atoms with Gasteiger partial charge in [0.05, 0.1) is 6.61 Å². The van der Waals surface area contributed by atoms with Crippen molar-refractivity contribution in [3.05, 3.63) is 28.8 Å². The normalized spacial score (nSPS) is 20.8. The zero-order valence-corrected chi connectivity index (χ0v) is 10.4. The van der Waals surface area contributed by atoms with Crippen molar-refractivity contribution in [3.8, 4) is 5.75 Å². The van der Waals surface area contributed by atoms with Gasteiger partial charge < -0.3 is 14.9 Å². The first kappa shape index (κ1) is 13.1. The van der Waals surface area contributed by atoms with Crippen LogP contribution in [0.2, 0.25) is 5.02 Å². The monoisotopic (exact) mass is 271 g/mol. The summed E-state index contributed by atoms with van der Waals surface area (Å²) < 4.78 is 5.13. The van der Waals surface area contributed by atoms with E-state index in [-0.39, 0.29) is 5.75 Å². The number of phenols is 1. The zero-order valence-electron chi connectivity index (χ0n) is 9.67. The fourth-order valence-electron chi connectivity index (χ4n) is 1.92. The summed E-state index contributed by atoms with van der Waals surface area (Å²) in [6.07, 6.45) is -0.816. The number of carboxylic acid groups (broad SMARTS) is 1. The summed E-state index contributed by atoms with van der Waals surface area (Å²) in [5.41, 5.74) is 0.616. The van der Waals surface area contributed by atoms with Crippen LogP contribution in [0.25, 0.3) is 0 Å². The molecule has 0 radical (unpaired) electrons. The van der Waals surface area contributed by atoms with Gasteiger partial charge in [0.15, 0.2) is 6.10 Å². The molecule has 1 aliphatic rings. The third kappa shape index (κ3) is 2.93. The van der Waals surface area contributed by atoms with Gasteiger partial charge in [0.25, 0.3) is 0 Å². The smallest absolute Gasteiger partial charge is 0.334 e. The van der Waals surface area contributed by atoms with Crippen LogP contribution in [0.4, 0.5) is 0 Å².